The van der Waals surface area contributed by atoms with Gasteiger partial charge in [-0.3, -0.25) is 9.69 Å². The number of rotatable bonds is 7. The first-order valence-electron chi connectivity index (χ1n) is 8.22. The SMILES string of the molecule is C[C@H](CN(C)[C@@H](C)C(=O)NC[C@H]1CCCO1)c1ccccc1. The highest BCUT2D eigenvalue weighted by Crippen LogP contribution is 2.16. The first-order valence-corrected chi connectivity index (χ1v) is 8.22. The van der Waals surface area contributed by atoms with Crippen molar-refractivity contribution < 1.29 is 9.53 Å². The number of hydrogen-bond donors (Lipinski definition) is 1. The van der Waals surface area contributed by atoms with Crippen molar-refractivity contribution in [2.45, 2.75) is 44.8 Å². The number of likely N-dealkylation sites (N-methyl/N-ethyl adjacent to an activating group) is 1. The highest BCUT2D eigenvalue weighted by atomic mass is 16.5. The van der Waals surface area contributed by atoms with E-state index in [1.807, 2.05) is 20.0 Å². The molecule has 4 nitrogen and oxygen atoms in total. The fourth-order valence-electron chi connectivity index (χ4n) is 2.84. The molecule has 22 heavy (non-hydrogen) atoms. The van der Waals surface area contributed by atoms with E-state index in [9.17, 15) is 4.79 Å². The van der Waals surface area contributed by atoms with Crippen LogP contribution in [0.4, 0.5) is 0 Å². The van der Waals surface area contributed by atoms with Crippen molar-refractivity contribution in [3.05, 3.63) is 35.9 Å². The van der Waals surface area contributed by atoms with E-state index in [0.717, 1.165) is 26.0 Å². The van der Waals surface area contributed by atoms with Crippen LogP contribution in [0.1, 0.15) is 38.2 Å². The largest absolute Gasteiger partial charge is 0.376 e. The van der Waals surface area contributed by atoms with E-state index in [0.29, 0.717) is 12.5 Å². The number of benzene rings is 1. The highest BCUT2D eigenvalue weighted by molar-refractivity contribution is 5.81. The normalized spacial score (nSPS) is 20.8. The van der Waals surface area contributed by atoms with Crippen LogP contribution in [0.3, 0.4) is 0 Å². The minimum Gasteiger partial charge on any atom is -0.376 e. The molecule has 0 spiro atoms. The van der Waals surface area contributed by atoms with Crippen molar-refractivity contribution in [3.8, 4) is 0 Å². The fraction of sp³-hybridized carbons (Fsp3) is 0.611. The van der Waals surface area contributed by atoms with Crippen molar-refractivity contribution in [2.24, 2.45) is 0 Å². The summed E-state index contributed by atoms with van der Waals surface area (Å²) < 4.78 is 5.54. The molecule has 122 valence electrons. The molecule has 1 aromatic carbocycles. The van der Waals surface area contributed by atoms with E-state index in [2.05, 4.69) is 41.4 Å². The summed E-state index contributed by atoms with van der Waals surface area (Å²) in [6, 6.07) is 10.3. The van der Waals surface area contributed by atoms with Crippen LogP contribution in [-0.4, -0.2) is 49.7 Å². The Morgan fingerprint density at radius 3 is 2.73 bits per heavy atom. The average Bonchev–Trinajstić information content (AvgIpc) is 3.06. The first-order chi connectivity index (χ1) is 10.6. The maximum Gasteiger partial charge on any atom is 0.237 e. The van der Waals surface area contributed by atoms with Gasteiger partial charge in [-0.1, -0.05) is 37.3 Å². The lowest BCUT2D eigenvalue weighted by molar-refractivity contribution is -0.126. The standard InChI is InChI=1S/C18H28N2O2/c1-14(16-8-5-4-6-9-16)13-20(3)15(2)18(21)19-12-17-10-7-11-22-17/h4-6,8-9,14-15,17H,7,10-13H2,1-3H3,(H,19,21)/t14-,15+,17-/m1/s1. The summed E-state index contributed by atoms with van der Waals surface area (Å²) in [7, 11) is 2.01. The zero-order valence-corrected chi connectivity index (χ0v) is 13.9. The zero-order chi connectivity index (χ0) is 15.9. The Morgan fingerprint density at radius 2 is 2.09 bits per heavy atom. The predicted molar refractivity (Wildman–Crippen MR) is 88.9 cm³/mol. The average molecular weight is 304 g/mol. The first kappa shape index (κ1) is 17.0. The van der Waals surface area contributed by atoms with E-state index in [1.165, 1.54) is 5.56 Å². The molecule has 0 aliphatic carbocycles. The second-order valence-electron chi connectivity index (χ2n) is 6.31. The van der Waals surface area contributed by atoms with Gasteiger partial charge in [0.05, 0.1) is 12.1 Å². The third-order valence-electron chi connectivity index (χ3n) is 4.50. The number of carbonyl (C=O) groups is 1. The van der Waals surface area contributed by atoms with Crippen LogP contribution in [0.25, 0.3) is 0 Å². The Labute approximate surface area is 133 Å². The molecule has 1 amide bonds. The molecule has 0 unspecified atom stereocenters. The van der Waals surface area contributed by atoms with Crippen LogP contribution in [0.15, 0.2) is 30.3 Å². The van der Waals surface area contributed by atoms with Gasteiger partial charge >= 0.3 is 0 Å². The summed E-state index contributed by atoms with van der Waals surface area (Å²) in [6.07, 6.45) is 2.35. The zero-order valence-electron chi connectivity index (χ0n) is 13.9. The van der Waals surface area contributed by atoms with Crippen LogP contribution < -0.4 is 5.32 Å². The second-order valence-corrected chi connectivity index (χ2v) is 6.31. The van der Waals surface area contributed by atoms with E-state index in [-0.39, 0.29) is 18.1 Å². The molecule has 0 radical (unpaired) electrons. The number of carbonyl (C=O) groups excluding carboxylic acids is 1. The summed E-state index contributed by atoms with van der Waals surface area (Å²) in [5.74, 6) is 0.484. The molecule has 0 saturated carbocycles. The lowest BCUT2D eigenvalue weighted by Crippen LogP contribution is -2.46. The van der Waals surface area contributed by atoms with Crippen LogP contribution in [0.5, 0.6) is 0 Å². The lowest BCUT2D eigenvalue weighted by atomic mass is 10.0. The Hall–Kier alpha value is -1.39. The molecule has 1 aliphatic heterocycles. The molecule has 1 aliphatic rings. The van der Waals surface area contributed by atoms with Gasteiger partial charge in [-0.2, -0.15) is 0 Å². The molecule has 0 aromatic heterocycles. The maximum atomic E-state index is 12.3. The minimum atomic E-state index is -0.132. The van der Waals surface area contributed by atoms with E-state index in [4.69, 9.17) is 4.74 Å². The summed E-state index contributed by atoms with van der Waals surface area (Å²) in [5, 5.41) is 3.01. The highest BCUT2D eigenvalue weighted by Gasteiger charge is 2.22. The number of amides is 1. The van der Waals surface area contributed by atoms with Gasteiger partial charge in [0.2, 0.25) is 5.91 Å². The second kappa shape index (κ2) is 8.30. The van der Waals surface area contributed by atoms with E-state index in [1.54, 1.807) is 0 Å². The van der Waals surface area contributed by atoms with Gasteiger partial charge in [0, 0.05) is 19.7 Å². The van der Waals surface area contributed by atoms with Crippen LogP contribution in [-0.2, 0) is 9.53 Å². The molecule has 1 saturated heterocycles. The quantitative estimate of drug-likeness (QED) is 0.841. The molecule has 1 N–H and O–H groups in total. The molecule has 1 aromatic rings. The molecule has 0 bridgehead atoms. The molecular formula is C18H28N2O2. The monoisotopic (exact) mass is 304 g/mol. The van der Waals surface area contributed by atoms with E-state index >= 15 is 0 Å². The topological polar surface area (TPSA) is 41.6 Å². The number of nitrogens with zero attached hydrogens (tertiary/aromatic N) is 1. The van der Waals surface area contributed by atoms with Gasteiger partial charge in [0.1, 0.15) is 0 Å². The van der Waals surface area contributed by atoms with Gasteiger partial charge in [-0.05, 0) is 38.3 Å². The maximum absolute atomic E-state index is 12.3. The number of nitrogens with one attached hydrogen (secondary N) is 1. The Balaban J connectivity index is 1.77. The minimum absolute atomic E-state index is 0.0817. The van der Waals surface area contributed by atoms with Crippen molar-refractivity contribution in [1.29, 1.82) is 0 Å². The Bertz CT molecular complexity index is 457. The predicted octanol–water partition coefficient (Wildman–Crippen LogP) is 2.41. The van der Waals surface area contributed by atoms with Crippen LogP contribution in [0, 0.1) is 0 Å². The summed E-state index contributed by atoms with van der Waals surface area (Å²) in [6.45, 7) is 6.47. The smallest absolute Gasteiger partial charge is 0.237 e. The summed E-state index contributed by atoms with van der Waals surface area (Å²) in [4.78, 5) is 14.4. The lowest BCUT2D eigenvalue weighted by Gasteiger charge is -2.27. The fourth-order valence-corrected chi connectivity index (χ4v) is 2.84. The Kier molecular flexibility index (Phi) is 6.40. The van der Waals surface area contributed by atoms with Crippen molar-refractivity contribution in [1.82, 2.24) is 10.2 Å². The van der Waals surface area contributed by atoms with E-state index < -0.39 is 0 Å². The molecule has 2 rings (SSSR count). The molecular weight excluding hydrogens is 276 g/mol. The van der Waals surface area contributed by atoms with Gasteiger partial charge in [0.25, 0.3) is 0 Å². The number of ether oxygens (including phenoxy) is 1. The third-order valence-corrected chi connectivity index (χ3v) is 4.50. The van der Waals surface area contributed by atoms with Crippen molar-refractivity contribution >= 4 is 5.91 Å². The van der Waals surface area contributed by atoms with Gasteiger partial charge in [-0.25, -0.2) is 0 Å². The summed E-state index contributed by atoms with van der Waals surface area (Å²) >= 11 is 0. The van der Waals surface area contributed by atoms with Crippen molar-refractivity contribution in [2.75, 3.05) is 26.7 Å². The summed E-state index contributed by atoms with van der Waals surface area (Å²) in [5.41, 5.74) is 1.31. The number of hydrogen-bond acceptors (Lipinski definition) is 3. The van der Waals surface area contributed by atoms with Crippen LogP contribution in [0.2, 0.25) is 0 Å². The molecule has 1 fully saturated rings. The molecule has 3 atom stereocenters. The van der Waals surface area contributed by atoms with Crippen molar-refractivity contribution in [3.63, 3.8) is 0 Å². The van der Waals surface area contributed by atoms with Crippen LogP contribution >= 0.6 is 0 Å². The van der Waals surface area contributed by atoms with Gasteiger partial charge in [-0.15, -0.1) is 0 Å². The molecule has 1 heterocycles. The van der Waals surface area contributed by atoms with Gasteiger partial charge in [0.15, 0.2) is 0 Å². The van der Waals surface area contributed by atoms with Gasteiger partial charge < -0.3 is 10.1 Å². The third kappa shape index (κ3) is 4.82. The molecule has 4 heteroatoms. The Morgan fingerprint density at radius 1 is 1.36 bits per heavy atom.